The molecule has 208 valence electrons. The molecule has 0 unspecified atom stereocenters. The van der Waals surface area contributed by atoms with Crippen molar-refractivity contribution >= 4 is 40.3 Å². The van der Waals surface area contributed by atoms with Crippen molar-refractivity contribution in [3.8, 4) is 11.5 Å². The topological polar surface area (TPSA) is 63.2 Å². The lowest BCUT2D eigenvalue weighted by Gasteiger charge is -2.43. The number of fused-ring (bicyclic) bond motifs is 1. The number of carbonyl (C=O) groups excluding carboxylic acids is 1. The number of nitrogens with one attached hydrogen (secondary N) is 1. The normalized spacial score (nSPS) is 22.4. The van der Waals surface area contributed by atoms with Gasteiger partial charge >= 0.3 is 0 Å². The van der Waals surface area contributed by atoms with E-state index >= 15 is 0 Å². The van der Waals surface area contributed by atoms with Gasteiger partial charge in [-0.1, -0.05) is 66.7 Å². The Balaban J connectivity index is 1.19. The molecule has 1 fully saturated rings. The van der Waals surface area contributed by atoms with Crippen molar-refractivity contribution in [2.75, 3.05) is 24.8 Å². The lowest BCUT2D eigenvalue weighted by atomic mass is 9.76. The van der Waals surface area contributed by atoms with Crippen LogP contribution in [0.25, 0.3) is 6.08 Å². The molecule has 4 aliphatic heterocycles. The molecule has 0 aliphatic carbocycles. The van der Waals surface area contributed by atoms with E-state index in [9.17, 15) is 4.79 Å². The number of anilines is 1. The zero-order chi connectivity index (χ0) is 28.0. The molecule has 0 spiro atoms. The summed E-state index contributed by atoms with van der Waals surface area (Å²) >= 11 is 1.37. The van der Waals surface area contributed by atoms with Crippen LogP contribution in [0.3, 0.4) is 0 Å². The van der Waals surface area contributed by atoms with Crippen molar-refractivity contribution in [3.63, 3.8) is 0 Å². The Kier molecular flexibility index (Phi) is 6.25. The van der Waals surface area contributed by atoms with Gasteiger partial charge in [-0.05, 0) is 82.8 Å². The maximum absolute atomic E-state index is 13.0. The summed E-state index contributed by atoms with van der Waals surface area (Å²) in [5, 5.41) is 3.58. The molecule has 8 rings (SSSR count). The number of amidine groups is 1. The number of amides is 1. The van der Waals surface area contributed by atoms with Gasteiger partial charge in [-0.15, -0.1) is 0 Å². The minimum absolute atomic E-state index is 0.147. The van der Waals surface area contributed by atoms with Crippen LogP contribution in [-0.2, 0) is 4.79 Å². The van der Waals surface area contributed by atoms with Crippen LogP contribution in [0.4, 0.5) is 11.4 Å². The first-order valence-corrected chi connectivity index (χ1v) is 15.2. The number of carbonyl (C=O) groups is 1. The molecular formula is C35H29N3O3S. The molecule has 0 saturated carbocycles. The summed E-state index contributed by atoms with van der Waals surface area (Å²) in [4.78, 5) is 21.1. The predicted molar refractivity (Wildman–Crippen MR) is 168 cm³/mol. The fraction of sp³-hybridized carbons (Fsp3) is 0.200. The van der Waals surface area contributed by atoms with E-state index in [0.717, 1.165) is 42.9 Å². The van der Waals surface area contributed by atoms with Gasteiger partial charge < -0.3 is 19.7 Å². The van der Waals surface area contributed by atoms with E-state index in [0.29, 0.717) is 27.7 Å². The van der Waals surface area contributed by atoms with Crippen LogP contribution < -0.4 is 19.7 Å². The molecule has 4 aliphatic rings. The second-order valence-corrected chi connectivity index (χ2v) is 12.1. The quantitative estimate of drug-likeness (QED) is 0.263. The maximum Gasteiger partial charge on any atom is 0.264 e. The van der Waals surface area contributed by atoms with E-state index in [1.165, 1.54) is 39.7 Å². The van der Waals surface area contributed by atoms with E-state index in [4.69, 9.17) is 14.5 Å². The molecular weight excluding hydrogens is 542 g/mol. The van der Waals surface area contributed by atoms with Gasteiger partial charge in [0.25, 0.3) is 5.91 Å². The fourth-order valence-electron chi connectivity index (χ4n) is 6.66. The summed E-state index contributed by atoms with van der Waals surface area (Å²) < 4.78 is 10.9. The Morgan fingerprint density at radius 3 is 2.12 bits per heavy atom. The molecule has 42 heavy (non-hydrogen) atoms. The van der Waals surface area contributed by atoms with Crippen molar-refractivity contribution in [1.29, 1.82) is 0 Å². The molecule has 0 radical (unpaired) electrons. The van der Waals surface area contributed by atoms with E-state index in [-0.39, 0.29) is 12.7 Å². The molecule has 6 nitrogen and oxygen atoms in total. The van der Waals surface area contributed by atoms with Crippen LogP contribution in [-0.4, -0.2) is 31.0 Å². The number of nitrogens with zero attached hydrogens (tertiary/aromatic N) is 2. The van der Waals surface area contributed by atoms with Gasteiger partial charge in [-0.3, -0.25) is 4.79 Å². The number of benzene rings is 4. The third-order valence-electron chi connectivity index (χ3n) is 8.58. The molecule has 1 amide bonds. The Hall–Kier alpha value is -4.49. The third-order valence-corrected chi connectivity index (χ3v) is 9.49. The number of hydrogen-bond acceptors (Lipinski definition) is 6. The molecule has 4 heterocycles. The van der Waals surface area contributed by atoms with E-state index in [1.54, 1.807) is 0 Å². The van der Waals surface area contributed by atoms with Gasteiger partial charge in [0.1, 0.15) is 0 Å². The number of rotatable bonds is 4. The number of ether oxygens (including phenoxy) is 2. The predicted octanol–water partition coefficient (Wildman–Crippen LogP) is 7.18. The van der Waals surface area contributed by atoms with Crippen molar-refractivity contribution in [2.24, 2.45) is 4.99 Å². The first-order valence-electron chi connectivity index (χ1n) is 14.4. The fourth-order valence-corrected chi connectivity index (χ4v) is 7.50. The zero-order valence-electron chi connectivity index (χ0n) is 23.0. The average molecular weight is 572 g/mol. The standard InChI is InChI=1S/C35H29N3O3S/c39-34-32(18-22-11-12-30-31(17-22)41-21-40-30)42-35(37-34)36-25-19-28-26(23-7-3-1-4-8-23)13-15-38-16-14-27(29(20-25)33(28)38)24-9-5-2-6-10-24/h1-12,17-20,26-27H,13-16,21H2,(H,36,37,39)/b32-18-/t26-,27-/m1/s1. The third kappa shape index (κ3) is 4.54. The van der Waals surface area contributed by atoms with Crippen LogP contribution in [0.5, 0.6) is 11.5 Å². The summed E-state index contributed by atoms with van der Waals surface area (Å²) in [6, 6.07) is 31.8. The highest BCUT2D eigenvalue weighted by molar-refractivity contribution is 8.18. The summed E-state index contributed by atoms with van der Waals surface area (Å²) in [5.41, 5.74) is 8.46. The molecule has 7 heteroatoms. The minimum atomic E-state index is -0.147. The second-order valence-electron chi connectivity index (χ2n) is 11.1. The zero-order valence-corrected chi connectivity index (χ0v) is 23.8. The van der Waals surface area contributed by atoms with Crippen LogP contribution in [0.15, 0.2) is 101 Å². The lowest BCUT2D eigenvalue weighted by molar-refractivity contribution is -0.115. The maximum atomic E-state index is 13.0. The van der Waals surface area contributed by atoms with Crippen molar-refractivity contribution in [1.82, 2.24) is 5.32 Å². The lowest BCUT2D eigenvalue weighted by Crippen LogP contribution is -2.37. The van der Waals surface area contributed by atoms with Crippen molar-refractivity contribution < 1.29 is 14.3 Å². The second kappa shape index (κ2) is 10.4. The largest absolute Gasteiger partial charge is 0.454 e. The summed E-state index contributed by atoms with van der Waals surface area (Å²) in [7, 11) is 0. The highest BCUT2D eigenvalue weighted by atomic mass is 32.2. The molecule has 4 aromatic rings. The van der Waals surface area contributed by atoms with Crippen LogP contribution in [0, 0.1) is 0 Å². The first-order chi connectivity index (χ1) is 20.7. The highest BCUT2D eigenvalue weighted by Gasteiger charge is 2.35. The van der Waals surface area contributed by atoms with Crippen LogP contribution >= 0.6 is 11.8 Å². The average Bonchev–Trinajstić information content (AvgIpc) is 3.63. The Labute approximate surface area is 249 Å². The minimum Gasteiger partial charge on any atom is -0.454 e. The SMILES string of the molecule is O=C1NC(=Nc2cc3c4c(c2)[C@@H](c2ccccc2)CCN4CC[C@@H]3c2ccccc2)S/C1=C\c1ccc2c(c1)OCO2. The summed E-state index contributed by atoms with van der Waals surface area (Å²) in [6.45, 7) is 2.32. The number of aliphatic imine (C=N–C) groups is 1. The Bertz CT molecular complexity index is 1680. The smallest absolute Gasteiger partial charge is 0.264 e. The Morgan fingerprint density at radius 1 is 0.810 bits per heavy atom. The number of hydrogen-bond donors (Lipinski definition) is 1. The van der Waals surface area contributed by atoms with E-state index in [1.807, 2.05) is 24.3 Å². The molecule has 0 bridgehead atoms. The molecule has 2 atom stereocenters. The molecule has 4 aromatic carbocycles. The Morgan fingerprint density at radius 2 is 1.45 bits per heavy atom. The number of thioether (sulfide) groups is 1. The van der Waals surface area contributed by atoms with Gasteiger partial charge in [0, 0.05) is 30.6 Å². The molecule has 0 aromatic heterocycles. The summed E-state index contributed by atoms with van der Waals surface area (Å²) in [6.07, 6.45) is 4.01. The van der Waals surface area contributed by atoms with Crippen molar-refractivity contribution in [3.05, 3.63) is 124 Å². The molecule has 1 N–H and O–H groups in total. The van der Waals surface area contributed by atoms with Gasteiger partial charge in [0.2, 0.25) is 6.79 Å². The van der Waals surface area contributed by atoms with Crippen LogP contribution in [0.1, 0.15) is 52.5 Å². The first kappa shape index (κ1) is 25.2. The van der Waals surface area contributed by atoms with Gasteiger partial charge in [0.05, 0.1) is 10.6 Å². The van der Waals surface area contributed by atoms with Gasteiger partial charge in [0.15, 0.2) is 16.7 Å². The van der Waals surface area contributed by atoms with Crippen LogP contribution in [0.2, 0.25) is 0 Å². The van der Waals surface area contributed by atoms with Gasteiger partial charge in [-0.2, -0.15) is 0 Å². The van der Waals surface area contributed by atoms with Crippen molar-refractivity contribution in [2.45, 2.75) is 24.7 Å². The van der Waals surface area contributed by atoms with Gasteiger partial charge in [-0.25, -0.2) is 4.99 Å². The highest BCUT2D eigenvalue weighted by Crippen LogP contribution is 2.50. The van der Waals surface area contributed by atoms with E-state index in [2.05, 4.69) is 83.0 Å². The summed E-state index contributed by atoms with van der Waals surface area (Å²) in [5.74, 6) is 1.88. The molecule has 1 saturated heterocycles. The van der Waals surface area contributed by atoms with E-state index < -0.39 is 0 Å². The monoisotopic (exact) mass is 571 g/mol.